The Morgan fingerprint density at radius 3 is 2.68 bits per heavy atom. The molecule has 5 heteroatoms. The second-order valence-electron chi connectivity index (χ2n) is 10.1. The lowest BCUT2D eigenvalue weighted by molar-refractivity contribution is 0.0394. The van der Waals surface area contributed by atoms with E-state index in [9.17, 15) is 9.90 Å². The number of rotatable bonds is 11. The first-order chi connectivity index (χ1) is 18.5. The summed E-state index contributed by atoms with van der Waals surface area (Å²) < 4.78 is 11.6. The standard InChI is InChI=1S/C33H33NO4/c1-22-6-10-26-11-15-28(34-31(26)18-22)14-9-23-4-3-5-27(19-23)32(38-21-24-7-8-24)17-13-25-12-16-29(37-2)20-30(25)33(35)36/h3-6,9-12,14-16,18-20,24,32H,7-8,13,17,21H2,1-2H3,(H,35,36)/b14-9+. The minimum Gasteiger partial charge on any atom is -0.497 e. The number of aryl methyl sites for hydroxylation is 2. The zero-order valence-electron chi connectivity index (χ0n) is 21.9. The number of benzene rings is 3. The van der Waals surface area contributed by atoms with Gasteiger partial charge in [-0.25, -0.2) is 9.78 Å². The molecule has 1 atom stereocenters. The number of aromatic carboxylic acids is 1. The van der Waals surface area contributed by atoms with Crippen molar-refractivity contribution in [2.75, 3.05) is 13.7 Å². The van der Waals surface area contributed by atoms with E-state index in [1.165, 1.54) is 18.4 Å². The summed E-state index contributed by atoms with van der Waals surface area (Å²) in [7, 11) is 1.54. The first-order valence-electron chi connectivity index (χ1n) is 13.2. The highest BCUT2D eigenvalue weighted by atomic mass is 16.5. The average Bonchev–Trinajstić information content (AvgIpc) is 3.76. The number of fused-ring (bicyclic) bond motifs is 1. The van der Waals surface area contributed by atoms with Crippen molar-refractivity contribution in [1.29, 1.82) is 0 Å². The number of pyridine rings is 1. The number of methoxy groups -OCH3 is 1. The van der Waals surface area contributed by atoms with E-state index in [4.69, 9.17) is 14.5 Å². The molecule has 1 heterocycles. The van der Waals surface area contributed by atoms with E-state index in [0.29, 0.717) is 24.5 Å². The summed E-state index contributed by atoms with van der Waals surface area (Å²) >= 11 is 0. The zero-order chi connectivity index (χ0) is 26.5. The Balaban J connectivity index is 1.34. The highest BCUT2D eigenvalue weighted by molar-refractivity contribution is 5.90. The third-order valence-corrected chi connectivity index (χ3v) is 7.05. The van der Waals surface area contributed by atoms with Gasteiger partial charge in [0, 0.05) is 5.39 Å². The van der Waals surface area contributed by atoms with Crippen molar-refractivity contribution in [1.82, 2.24) is 4.98 Å². The van der Waals surface area contributed by atoms with Crippen LogP contribution in [0, 0.1) is 12.8 Å². The maximum atomic E-state index is 11.9. The van der Waals surface area contributed by atoms with Gasteiger partial charge in [0.15, 0.2) is 0 Å². The fraction of sp³-hybridized carbons (Fsp3) is 0.273. The molecule has 1 unspecified atom stereocenters. The molecule has 5 nitrogen and oxygen atoms in total. The van der Waals surface area contributed by atoms with Crippen LogP contribution in [-0.4, -0.2) is 29.8 Å². The Hall–Kier alpha value is -3.96. The largest absolute Gasteiger partial charge is 0.497 e. The number of carboxylic acid groups (broad SMARTS) is 1. The summed E-state index contributed by atoms with van der Waals surface area (Å²) in [5.74, 6) is 0.237. The van der Waals surface area contributed by atoms with E-state index in [1.807, 2.05) is 24.3 Å². The molecule has 0 aliphatic heterocycles. The Morgan fingerprint density at radius 1 is 1.05 bits per heavy atom. The van der Waals surface area contributed by atoms with E-state index >= 15 is 0 Å². The van der Waals surface area contributed by atoms with Crippen LogP contribution in [0.5, 0.6) is 5.75 Å². The van der Waals surface area contributed by atoms with Crippen LogP contribution < -0.4 is 4.74 Å². The van der Waals surface area contributed by atoms with Crippen LogP contribution in [0.25, 0.3) is 23.1 Å². The van der Waals surface area contributed by atoms with Crippen LogP contribution in [-0.2, 0) is 11.2 Å². The molecule has 0 bridgehead atoms. The molecule has 0 amide bonds. The lowest BCUT2D eigenvalue weighted by Gasteiger charge is -2.20. The molecule has 1 aliphatic rings. The van der Waals surface area contributed by atoms with Crippen molar-refractivity contribution in [2.24, 2.45) is 5.92 Å². The molecule has 194 valence electrons. The molecule has 0 spiro atoms. The maximum Gasteiger partial charge on any atom is 0.336 e. The van der Waals surface area contributed by atoms with Crippen molar-refractivity contribution in [2.45, 2.75) is 38.7 Å². The lowest BCUT2D eigenvalue weighted by atomic mass is 9.96. The number of carbonyl (C=O) groups is 1. The zero-order valence-corrected chi connectivity index (χ0v) is 21.9. The van der Waals surface area contributed by atoms with Gasteiger partial charge in [0.2, 0.25) is 0 Å². The van der Waals surface area contributed by atoms with Gasteiger partial charge in [0.1, 0.15) is 5.75 Å². The molecule has 1 aromatic heterocycles. The van der Waals surface area contributed by atoms with Crippen LogP contribution in [0.3, 0.4) is 0 Å². The normalized spacial score (nSPS) is 14.2. The second kappa shape index (κ2) is 11.6. The fourth-order valence-corrected chi connectivity index (χ4v) is 4.65. The van der Waals surface area contributed by atoms with Gasteiger partial charge in [0.25, 0.3) is 0 Å². The van der Waals surface area contributed by atoms with Gasteiger partial charge >= 0.3 is 5.97 Å². The van der Waals surface area contributed by atoms with Gasteiger partial charge < -0.3 is 14.6 Å². The summed E-state index contributed by atoms with van der Waals surface area (Å²) in [6, 6.07) is 24.1. The molecule has 5 rings (SSSR count). The highest BCUT2D eigenvalue weighted by Gasteiger charge is 2.24. The van der Waals surface area contributed by atoms with Gasteiger partial charge in [0.05, 0.1) is 36.6 Å². The molecular weight excluding hydrogens is 474 g/mol. The smallest absolute Gasteiger partial charge is 0.336 e. The van der Waals surface area contributed by atoms with Crippen LogP contribution in [0.1, 0.15) is 63.7 Å². The molecule has 4 aromatic rings. The molecule has 0 radical (unpaired) electrons. The summed E-state index contributed by atoms with van der Waals surface area (Å²) in [6.45, 7) is 2.81. The van der Waals surface area contributed by atoms with Gasteiger partial charge in [-0.05, 0) is 97.2 Å². The van der Waals surface area contributed by atoms with Crippen molar-refractivity contribution in [3.05, 3.63) is 106 Å². The molecule has 38 heavy (non-hydrogen) atoms. The topological polar surface area (TPSA) is 68.7 Å². The molecular formula is C33H33NO4. The molecule has 1 aliphatic carbocycles. The number of nitrogens with zero attached hydrogens (tertiary/aromatic N) is 1. The maximum absolute atomic E-state index is 11.9. The first kappa shape index (κ1) is 25.7. The second-order valence-corrected chi connectivity index (χ2v) is 10.1. The predicted octanol–water partition coefficient (Wildman–Crippen LogP) is 7.52. The summed E-state index contributed by atoms with van der Waals surface area (Å²) in [4.78, 5) is 16.6. The monoisotopic (exact) mass is 507 g/mol. The number of aromatic nitrogens is 1. The number of ether oxygens (including phenoxy) is 2. The van der Waals surface area contributed by atoms with Gasteiger partial charge in [-0.1, -0.05) is 48.5 Å². The van der Waals surface area contributed by atoms with E-state index in [2.05, 4.69) is 61.5 Å². The minimum atomic E-state index is -0.945. The quantitative estimate of drug-likeness (QED) is 0.227. The molecule has 1 fully saturated rings. The van der Waals surface area contributed by atoms with Crippen LogP contribution in [0.15, 0.2) is 72.8 Å². The van der Waals surface area contributed by atoms with Crippen LogP contribution in [0.4, 0.5) is 0 Å². The molecule has 0 saturated heterocycles. The van der Waals surface area contributed by atoms with Gasteiger partial charge in [-0.3, -0.25) is 0 Å². The van der Waals surface area contributed by atoms with Crippen molar-refractivity contribution < 1.29 is 19.4 Å². The SMILES string of the molecule is COc1ccc(CCC(OCC2CC2)c2cccc(/C=C/c3ccc4ccc(C)cc4n3)c2)c(C(=O)O)c1. The third-order valence-electron chi connectivity index (χ3n) is 7.05. The summed E-state index contributed by atoms with van der Waals surface area (Å²) in [6.07, 6.45) is 7.73. The molecule has 1 saturated carbocycles. The first-order valence-corrected chi connectivity index (χ1v) is 13.2. The van der Waals surface area contributed by atoms with E-state index in [0.717, 1.165) is 39.9 Å². The molecule has 3 aromatic carbocycles. The van der Waals surface area contributed by atoms with Crippen molar-refractivity contribution in [3.63, 3.8) is 0 Å². The number of hydrogen-bond acceptors (Lipinski definition) is 4. The van der Waals surface area contributed by atoms with Crippen molar-refractivity contribution in [3.8, 4) is 5.75 Å². The van der Waals surface area contributed by atoms with Gasteiger partial charge in [-0.15, -0.1) is 0 Å². The fourth-order valence-electron chi connectivity index (χ4n) is 4.65. The van der Waals surface area contributed by atoms with Crippen LogP contribution >= 0.6 is 0 Å². The average molecular weight is 508 g/mol. The van der Waals surface area contributed by atoms with E-state index in [1.54, 1.807) is 13.2 Å². The lowest BCUT2D eigenvalue weighted by Crippen LogP contribution is -2.10. The number of carboxylic acids is 1. The Morgan fingerprint density at radius 2 is 1.89 bits per heavy atom. The van der Waals surface area contributed by atoms with Crippen molar-refractivity contribution >= 4 is 29.0 Å². The summed E-state index contributed by atoms with van der Waals surface area (Å²) in [5, 5.41) is 10.8. The number of hydrogen-bond donors (Lipinski definition) is 1. The van der Waals surface area contributed by atoms with Crippen LogP contribution in [0.2, 0.25) is 0 Å². The molecule has 1 N–H and O–H groups in total. The minimum absolute atomic E-state index is 0.116. The third kappa shape index (κ3) is 6.48. The Labute approximate surface area is 223 Å². The van der Waals surface area contributed by atoms with Gasteiger partial charge in [-0.2, -0.15) is 0 Å². The summed E-state index contributed by atoms with van der Waals surface area (Å²) in [5.41, 5.74) is 6.34. The Kier molecular flexibility index (Phi) is 7.85. The van der Waals surface area contributed by atoms with E-state index < -0.39 is 5.97 Å². The highest BCUT2D eigenvalue weighted by Crippen LogP contribution is 2.33. The Bertz CT molecular complexity index is 1470. The predicted molar refractivity (Wildman–Crippen MR) is 152 cm³/mol. The van der Waals surface area contributed by atoms with E-state index in [-0.39, 0.29) is 11.7 Å².